The van der Waals surface area contributed by atoms with Crippen LogP contribution in [0.1, 0.15) is 30.0 Å². The van der Waals surface area contributed by atoms with Crippen LogP contribution in [0.3, 0.4) is 0 Å². The maximum Gasteiger partial charge on any atom is 0.323 e. The van der Waals surface area contributed by atoms with Crippen LogP contribution in [-0.4, -0.2) is 32.2 Å². The number of carbonyl (C=O) groups excluding carboxylic acids is 1. The highest BCUT2D eigenvalue weighted by molar-refractivity contribution is 5.88. The van der Waals surface area contributed by atoms with Crippen LogP contribution in [-0.2, 0) is 6.54 Å². The van der Waals surface area contributed by atoms with Crippen molar-refractivity contribution < 1.29 is 4.79 Å². The van der Waals surface area contributed by atoms with Crippen LogP contribution in [0.25, 0.3) is 0 Å². The molecule has 1 aromatic carbocycles. The van der Waals surface area contributed by atoms with E-state index < -0.39 is 0 Å². The second-order valence-electron chi connectivity index (χ2n) is 6.45. The summed E-state index contributed by atoms with van der Waals surface area (Å²) in [6.07, 6.45) is 7.40. The Bertz CT molecular complexity index is 862. The Morgan fingerprint density at radius 2 is 1.92 bits per heavy atom. The Kier molecular flexibility index (Phi) is 4.64. The number of nitrogens with one attached hydrogen (secondary N) is 1. The molecule has 1 aliphatic rings. The normalized spacial score (nSPS) is 16.6. The summed E-state index contributed by atoms with van der Waals surface area (Å²) in [6.45, 7) is 1.43. The summed E-state index contributed by atoms with van der Waals surface area (Å²) in [4.78, 5) is 18.7. The summed E-state index contributed by atoms with van der Waals surface area (Å²) in [7, 11) is 0. The highest BCUT2D eigenvalue weighted by atomic mass is 16.2. The third kappa shape index (κ3) is 3.59. The largest absolute Gasteiger partial charge is 0.323 e. The molecule has 26 heavy (non-hydrogen) atoms. The zero-order valence-electron chi connectivity index (χ0n) is 14.5. The number of aromatic nitrogens is 3. The maximum absolute atomic E-state index is 12.7. The molecule has 0 bridgehead atoms. The molecule has 0 aliphatic carbocycles. The molecule has 6 nitrogen and oxygen atoms in total. The van der Waals surface area contributed by atoms with E-state index in [4.69, 9.17) is 0 Å². The molecule has 1 N–H and O–H groups in total. The van der Waals surface area contributed by atoms with E-state index in [0.29, 0.717) is 12.4 Å². The van der Waals surface area contributed by atoms with Crippen LogP contribution >= 0.6 is 0 Å². The third-order valence-corrected chi connectivity index (χ3v) is 4.67. The van der Waals surface area contributed by atoms with Gasteiger partial charge in [-0.25, -0.2) is 4.79 Å². The Morgan fingerprint density at radius 3 is 2.73 bits per heavy atom. The van der Waals surface area contributed by atoms with Gasteiger partial charge in [-0.15, -0.1) is 0 Å². The summed E-state index contributed by atoms with van der Waals surface area (Å²) in [5, 5.41) is 7.39. The maximum atomic E-state index is 12.7. The van der Waals surface area contributed by atoms with Gasteiger partial charge >= 0.3 is 6.03 Å². The van der Waals surface area contributed by atoms with Crippen LogP contribution in [0.15, 0.2) is 67.1 Å². The first-order valence-corrected chi connectivity index (χ1v) is 8.84. The van der Waals surface area contributed by atoms with E-state index in [1.165, 1.54) is 5.56 Å². The number of nitrogens with zero attached hydrogens (tertiary/aromatic N) is 4. The second kappa shape index (κ2) is 7.39. The molecule has 1 atom stereocenters. The number of hydrogen-bond acceptors (Lipinski definition) is 3. The molecule has 6 heteroatoms. The van der Waals surface area contributed by atoms with Gasteiger partial charge in [0.1, 0.15) is 0 Å². The highest BCUT2D eigenvalue weighted by Crippen LogP contribution is 2.31. The van der Waals surface area contributed by atoms with Crippen molar-refractivity contribution in [2.45, 2.75) is 25.4 Å². The summed E-state index contributed by atoms with van der Waals surface area (Å²) in [6, 6.07) is 15.9. The number of benzene rings is 1. The number of carbonyl (C=O) groups is 1. The number of likely N-dealkylation sites (tertiary alicyclic amines) is 1. The van der Waals surface area contributed by atoms with Crippen molar-refractivity contribution in [2.24, 2.45) is 0 Å². The molecule has 3 heterocycles. The van der Waals surface area contributed by atoms with E-state index in [0.717, 1.165) is 24.9 Å². The lowest BCUT2D eigenvalue weighted by molar-refractivity contribution is 0.207. The van der Waals surface area contributed by atoms with Crippen LogP contribution in [0.4, 0.5) is 10.6 Å². The van der Waals surface area contributed by atoms with E-state index in [-0.39, 0.29) is 12.1 Å². The summed E-state index contributed by atoms with van der Waals surface area (Å²) >= 11 is 0. The first-order valence-electron chi connectivity index (χ1n) is 8.84. The molecule has 2 amide bonds. The molecule has 132 valence electrons. The van der Waals surface area contributed by atoms with E-state index in [1.807, 2.05) is 52.2 Å². The number of hydrogen-bond donors (Lipinski definition) is 1. The zero-order chi connectivity index (χ0) is 17.8. The van der Waals surface area contributed by atoms with E-state index >= 15 is 0 Å². The Balaban J connectivity index is 1.42. The van der Waals surface area contributed by atoms with Crippen molar-refractivity contribution in [2.75, 3.05) is 11.9 Å². The lowest BCUT2D eigenvalue weighted by Crippen LogP contribution is -2.34. The van der Waals surface area contributed by atoms with Crippen LogP contribution < -0.4 is 5.32 Å². The van der Waals surface area contributed by atoms with E-state index in [1.54, 1.807) is 12.4 Å². The van der Waals surface area contributed by atoms with Gasteiger partial charge in [-0.05, 0) is 36.1 Å². The SMILES string of the molecule is O=C(Nc1ccn(Cc2ccccc2)n1)N1CCC[C@@H]1c1ccncc1. The van der Waals surface area contributed by atoms with Gasteiger partial charge in [0.2, 0.25) is 0 Å². The molecule has 0 unspecified atom stereocenters. The molecule has 1 aliphatic heterocycles. The van der Waals surface area contributed by atoms with Crippen LogP contribution in [0.5, 0.6) is 0 Å². The number of rotatable bonds is 4. The minimum Gasteiger partial charge on any atom is -0.317 e. The number of amides is 2. The van der Waals surface area contributed by atoms with Crippen molar-refractivity contribution >= 4 is 11.8 Å². The quantitative estimate of drug-likeness (QED) is 0.783. The topological polar surface area (TPSA) is 63.1 Å². The van der Waals surface area contributed by atoms with Crippen LogP contribution in [0.2, 0.25) is 0 Å². The van der Waals surface area contributed by atoms with E-state index in [9.17, 15) is 4.79 Å². The smallest absolute Gasteiger partial charge is 0.317 e. The number of urea groups is 1. The molecule has 0 radical (unpaired) electrons. The minimum absolute atomic E-state index is 0.101. The lowest BCUT2D eigenvalue weighted by atomic mass is 10.1. The Hall–Kier alpha value is -3.15. The minimum atomic E-state index is -0.103. The molecule has 0 spiro atoms. The number of anilines is 1. The molecule has 0 saturated carbocycles. The van der Waals surface area contributed by atoms with Crippen LogP contribution in [0, 0.1) is 0 Å². The molecule has 3 aromatic rings. The van der Waals surface area contributed by atoms with Crippen molar-refractivity contribution in [3.05, 3.63) is 78.2 Å². The van der Waals surface area contributed by atoms with Gasteiger partial charge in [0.25, 0.3) is 0 Å². The van der Waals surface area contributed by atoms with Gasteiger partial charge in [0, 0.05) is 31.2 Å². The molecule has 1 fully saturated rings. The predicted molar refractivity (Wildman–Crippen MR) is 99.7 cm³/mol. The fourth-order valence-electron chi connectivity index (χ4n) is 3.41. The monoisotopic (exact) mass is 347 g/mol. The molecule has 4 rings (SSSR count). The van der Waals surface area contributed by atoms with Gasteiger partial charge in [0.15, 0.2) is 5.82 Å². The van der Waals surface area contributed by atoms with Crippen molar-refractivity contribution in [1.29, 1.82) is 0 Å². The third-order valence-electron chi connectivity index (χ3n) is 4.67. The Labute approximate surface area is 152 Å². The van der Waals surface area contributed by atoms with Crippen molar-refractivity contribution in [1.82, 2.24) is 19.7 Å². The van der Waals surface area contributed by atoms with E-state index in [2.05, 4.69) is 27.5 Å². The second-order valence-corrected chi connectivity index (χ2v) is 6.45. The Morgan fingerprint density at radius 1 is 1.12 bits per heavy atom. The standard InChI is InChI=1S/C20H21N5O/c26-20(25-13-4-7-18(25)17-8-11-21-12-9-17)22-19-10-14-24(23-19)15-16-5-2-1-3-6-16/h1-3,5-6,8-12,14,18H,4,7,13,15H2,(H,22,23,26)/t18-/m1/s1. The van der Waals surface area contributed by atoms with Crippen molar-refractivity contribution in [3.8, 4) is 0 Å². The predicted octanol–water partition coefficient (Wildman–Crippen LogP) is 3.70. The lowest BCUT2D eigenvalue weighted by Gasteiger charge is -2.24. The molecule has 2 aromatic heterocycles. The summed E-state index contributed by atoms with van der Waals surface area (Å²) < 4.78 is 1.83. The van der Waals surface area contributed by atoms with Crippen molar-refractivity contribution in [3.63, 3.8) is 0 Å². The average Bonchev–Trinajstić information content (AvgIpc) is 3.33. The molecular weight excluding hydrogens is 326 g/mol. The van der Waals surface area contributed by atoms with Gasteiger partial charge in [-0.2, -0.15) is 5.10 Å². The first kappa shape index (κ1) is 16.3. The van der Waals surface area contributed by atoms with Gasteiger partial charge in [-0.3, -0.25) is 15.0 Å². The number of pyridine rings is 1. The van der Waals surface area contributed by atoms with Gasteiger partial charge < -0.3 is 4.90 Å². The van der Waals surface area contributed by atoms with Gasteiger partial charge in [-0.1, -0.05) is 30.3 Å². The summed E-state index contributed by atoms with van der Waals surface area (Å²) in [5.74, 6) is 0.575. The highest BCUT2D eigenvalue weighted by Gasteiger charge is 2.30. The summed E-state index contributed by atoms with van der Waals surface area (Å²) in [5.41, 5.74) is 2.30. The zero-order valence-corrected chi connectivity index (χ0v) is 14.5. The fourth-order valence-corrected chi connectivity index (χ4v) is 3.41. The average molecular weight is 347 g/mol. The first-order chi connectivity index (χ1) is 12.8. The fraction of sp³-hybridized carbons (Fsp3) is 0.250. The molecule has 1 saturated heterocycles. The molecular formula is C20H21N5O. The van der Waals surface area contributed by atoms with Gasteiger partial charge in [0.05, 0.1) is 12.6 Å².